The molecule has 0 amide bonds. The average molecular weight is 321 g/mol. The third-order valence-corrected chi connectivity index (χ3v) is 3.59. The van der Waals surface area contributed by atoms with Gasteiger partial charge in [0.25, 0.3) is 0 Å². The van der Waals surface area contributed by atoms with Crippen LogP contribution in [-0.4, -0.2) is 5.78 Å². The molecule has 0 saturated heterocycles. The number of hydrogen-bond donors (Lipinski definition) is 0. The quantitative estimate of drug-likeness (QED) is 0.745. The Balaban J connectivity index is 2.08. The molecule has 2 aromatic rings. The number of aryl methyl sites for hydroxylation is 2. The molecule has 98 valence electrons. The maximum absolute atomic E-state index is 13.8. The summed E-state index contributed by atoms with van der Waals surface area (Å²) < 4.78 is 14.1. The van der Waals surface area contributed by atoms with Crippen molar-refractivity contribution in [2.24, 2.45) is 0 Å². The first kappa shape index (κ1) is 13.9. The molecule has 0 spiro atoms. The van der Waals surface area contributed by atoms with Crippen LogP contribution < -0.4 is 0 Å². The van der Waals surface area contributed by atoms with Gasteiger partial charge in [0, 0.05) is 6.42 Å². The Hall–Kier alpha value is -1.48. The molecule has 0 bridgehead atoms. The van der Waals surface area contributed by atoms with Crippen molar-refractivity contribution in [2.45, 2.75) is 19.8 Å². The molecule has 0 N–H and O–H groups in total. The summed E-state index contributed by atoms with van der Waals surface area (Å²) in [6.07, 6.45) is 0.948. The highest BCUT2D eigenvalue weighted by Gasteiger charge is 2.13. The number of halogens is 2. The van der Waals surface area contributed by atoms with E-state index in [0.29, 0.717) is 17.3 Å². The van der Waals surface area contributed by atoms with Gasteiger partial charge in [0.05, 0.1) is 10.0 Å². The lowest BCUT2D eigenvalue weighted by Crippen LogP contribution is -2.04. The fraction of sp³-hybridized carbons (Fsp3) is 0.188. The molecule has 0 heterocycles. The molecule has 3 heteroatoms. The van der Waals surface area contributed by atoms with E-state index in [2.05, 4.69) is 15.9 Å². The van der Waals surface area contributed by atoms with Gasteiger partial charge < -0.3 is 0 Å². The lowest BCUT2D eigenvalue weighted by molar-refractivity contribution is 0.0979. The Morgan fingerprint density at radius 1 is 1.21 bits per heavy atom. The minimum Gasteiger partial charge on any atom is -0.294 e. The Morgan fingerprint density at radius 2 is 1.95 bits per heavy atom. The summed E-state index contributed by atoms with van der Waals surface area (Å²) in [6.45, 7) is 2.01. The number of benzene rings is 2. The second-order valence-electron chi connectivity index (χ2n) is 4.51. The Bertz CT molecular complexity index is 607. The molecule has 2 rings (SSSR count). The SMILES string of the molecule is Cc1cccc(CCC(=O)c2cccc(Br)c2F)c1. The van der Waals surface area contributed by atoms with Gasteiger partial charge in [-0.25, -0.2) is 4.39 Å². The van der Waals surface area contributed by atoms with E-state index in [4.69, 9.17) is 0 Å². The zero-order valence-electron chi connectivity index (χ0n) is 10.6. The van der Waals surface area contributed by atoms with Gasteiger partial charge in [-0.2, -0.15) is 0 Å². The molecular formula is C16H14BrFO. The topological polar surface area (TPSA) is 17.1 Å². The van der Waals surface area contributed by atoms with Gasteiger partial charge in [-0.05, 0) is 47.0 Å². The molecule has 2 aromatic carbocycles. The number of carbonyl (C=O) groups excluding carboxylic acids is 1. The minimum absolute atomic E-state index is 0.155. The van der Waals surface area contributed by atoms with Gasteiger partial charge in [-0.1, -0.05) is 35.9 Å². The van der Waals surface area contributed by atoms with Gasteiger partial charge in [0.15, 0.2) is 5.78 Å². The van der Waals surface area contributed by atoms with Crippen molar-refractivity contribution in [1.29, 1.82) is 0 Å². The third kappa shape index (κ3) is 3.51. The van der Waals surface area contributed by atoms with E-state index < -0.39 is 5.82 Å². The molecule has 0 aromatic heterocycles. The zero-order valence-corrected chi connectivity index (χ0v) is 12.2. The summed E-state index contributed by atoms with van der Waals surface area (Å²) in [6, 6.07) is 12.8. The Kier molecular flexibility index (Phi) is 4.48. The van der Waals surface area contributed by atoms with E-state index in [-0.39, 0.29) is 11.3 Å². The largest absolute Gasteiger partial charge is 0.294 e. The molecule has 19 heavy (non-hydrogen) atoms. The van der Waals surface area contributed by atoms with Crippen LogP contribution in [0.25, 0.3) is 0 Å². The first-order chi connectivity index (χ1) is 9.08. The van der Waals surface area contributed by atoms with E-state index in [0.717, 1.165) is 5.56 Å². The van der Waals surface area contributed by atoms with Gasteiger partial charge in [-0.15, -0.1) is 0 Å². The number of carbonyl (C=O) groups is 1. The second-order valence-corrected chi connectivity index (χ2v) is 5.37. The number of hydrogen-bond acceptors (Lipinski definition) is 1. The van der Waals surface area contributed by atoms with Crippen LogP contribution >= 0.6 is 15.9 Å². The molecule has 0 atom stereocenters. The van der Waals surface area contributed by atoms with Gasteiger partial charge >= 0.3 is 0 Å². The summed E-state index contributed by atoms with van der Waals surface area (Å²) in [4.78, 5) is 12.0. The summed E-state index contributed by atoms with van der Waals surface area (Å²) >= 11 is 3.09. The first-order valence-electron chi connectivity index (χ1n) is 6.10. The van der Waals surface area contributed by atoms with E-state index in [1.165, 1.54) is 11.6 Å². The van der Waals surface area contributed by atoms with Gasteiger partial charge in [-0.3, -0.25) is 4.79 Å². The van der Waals surface area contributed by atoms with Crippen molar-refractivity contribution in [3.05, 3.63) is 69.4 Å². The lowest BCUT2D eigenvalue weighted by atomic mass is 10.0. The second kappa shape index (κ2) is 6.11. The molecule has 0 radical (unpaired) electrons. The van der Waals surface area contributed by atoms with Crippen LogP contribution in [0.5, 0.6) is 0 Å². The highest BCUT2D eigenvalue weighted by Crippen LogP contribution is 2.20. The minimum atomic E-state index is -0.475. The number of rotatable bonds is 4. The smallest absolute Gasteiger partial charge is 0.166 e. The molecule has 0 aliphatic rings. The van der Waals surface area contributed by atoms with Crippen molar-refractivity contribution >= 4 is 21.7 Å². The highest BCUT2D eigenvalue weighted by atomic mass is 79.9. The predicted molar refractivity (Wildman–Crippen MR) is 77.9 cm³/mol. The van der Waals surface area contributed by atoms with E-state index >= 15 is 0 Å². The standard InChI is InChI=1S/C16H14BrFO/c1-11-4-2-5-12(10-11)8-9-15(19)13-6-3-7-14(17)16(13)18/h2-7,10H,8-9H2,1H3. The average Bonchev–Trinajstić information content (AvgIpc) is 2.39. The highest BCUT2D eigenvalue weighted by molar-refractivity contribution is 9.10. The molecule has 1 nitrogen and oxygen atoms in total. The number of Topliss-reactive ketones (excluding diaryl/α,β-unsaturated/α-hetero) is 1. The summed E-state index contributed by atoms with van der Waals surface area (Å²) in [5.41, 5.74) is 2.42. The van der Waals surface area contributed by atoms with Crippen LogP contribution in [0, 0.1) is 12.7 Å². The number of ketones is 1. The molecule has 0 aliphatic heterocycles. The first-order valence-corrected chi connectivity index (χ1v) is 6.90. The van der Waals surface area contributed by atoms with Gasteiger partial charge in [0.1, 0.15) is 5.82 Å². The Morgan fingerprint density at radius 3 is 2.68 bits per heavy atom. The fourth-order valence-corrected chi connectivity index (χ4v) is 2.35. The van der Waals surface area contributed by atoms with Crippen molar-refractivity contribution < 1.29 is 9.18 Å². The van der Waals surface area contributed by atoms with Crippen molar-refractivity contribution in [3.63, 3.8) is 0 Å². The van der Waals surface area contributed by atoms with Crippen LogP contribution in [0.15, 0.2) is 46.9 Å². The Labute approximate surface area is 120 Å². The van der Waals surface area contributed by atoms with Crippen LogP contribution in [0.1, 0.15) is 27.9 Å². The monoisotopic (exact) mass is 320 g/mol. The summed E-state index contributed by atoms with van der Waals surface area (Å²) in [7, 11) is 0. The summed E-state index contributed by atoms with van der Waals surface area (Å²) in [5, 5.41) is 0. The predicted octanol–water partition coefficient (Wildman–Crippen LogP) is 4.71. The van der Waals surface area contributed by atoms with Crippen LogP contribution in [-0.2, 0) is 6.42 Å². The zero-order chi connectivity index (χ0) is 13.8. The van der Waals surface area contributed by atoms with E-state index in [9.17, 15) is 9.18 Å². The van der Waals surface area contributed by atoms with Crippen LogP contribution in [0.2, 0.25) is 0 Å². The molecular weight excluding hydrogens is 307 g/mol. The van der Waals surface area contributed by atoms with E-state index in [1.807, 2.05) is 31.2 Å². The van der Waals surface area contributed by atoms with Crippen LogP contribution in [0.3, 0.4) is 0 Å². The molecule has 0 saturated carbocycles. The van der Waals surface area contributed by atoms with Crippen LogP contribution in [0.4, 0.5) is 4.39 Å². The van der Waals surface area contributed by atoms with Crippen molar-refractivity contribution in [3.8, 4) is 0 Å². The molecule has 0 aliphatic carbocycles. The maximum atomic E-state index is 13.8. The summed E-state index contributed by atoms with van der Waals surface area (Å²) in [5.74, 6) is -0.642. The van der Waals surface area contributed by atoms with Crippen molar-refractivity contribution in [2.75, 3.05) is 0 Å². The van der Waals surface area contributed by atoms with Gasteiger partial charge in [0.2, 0.25) is 0 Å². The lowest BCUT2D eigenvalue weighted by Gasteiger charge is -2.05. The fourth-order valence-electron chi connectivity index (χ4n) is 1.98. The maximum Gasteiger partial charge on any atom is 0.166 e. The molecule has 0 fully saturated rings. The third-order valence-electron chi connectivity index (χ3n) is 2.98. The van der Waals surface area contributed by atoms with Crippen molar-refractivity contribution in [1.82, 2.24) is 0 Å². The van der Waals surface area contributed by atoms with E-state index in [1.54, 1.807) is 12.1 Å². The normalized spacial score (nSPS) is 10.5. The molecule has 0 unspecified atom stereocenters.